The third kappa shape index (κ3) is 3.53. The van der Waals surface area contributed by atoms with Crippen LogP contribution in [0.2, 0.25) is 0 Å². The maximum Gasteiger partial charge on any atom is 0.237 e. The van der Waals surface area contributed by atoms with Crippen molar-refractivity contribution in [3.05, 3.63) is 29.8 Å². The highest BCUT2D eigenvalue weighted by molar-refractivity contribution is 5.80. The van der Waals surface area contributed by atoms with E-state index in [0.29, 0.717) is 19.8 Å². The fourth-order valence-electron chi connectivity index (χ4n) is 2.82. The van der Waals surface area contributed by atoms with Crippen LogP contribution < -0.4 is 16.2 Å². The van der Waals surface area contributed by atoms with Gasteiger partial charge in [0, 0.05) is 12.6 Å². The van der Waals surface area contributed by atoms with Crippen molar-refractivity contribution in [1.29, 1.82) is 0 Å². The molecule has 0 saturated carbocycles. The van der Waals surface area contributed by atoms with Gasteiger partial charge in [0.15, 0.2) is 0 Å². The first kappa shape index (κ1) is 15.8. The number of hydrogen-bond acceptors (Lipinski definition) is 5. The maximum absolute atomic E-state index is 11.7. The van der Waals surface area contributed by atoms with E-state index in [1.807, 2.05) is 36.1 Å². The molecule has 1 aromatic rings. The fraction of sp³-hybridized carbons (Fsp3) is 0.533. The molecule has 1 aliphatic heterocycles. The Hall–Kier alpha value is -1.63. The molecule has 1 saturated heterocycles. The number of carbonyl (C=O) groups is 1. The molecular weight excluding hydrogens is 270 g/mol. The normalized spacial score (nSPS) is 22.5. The topological polar surface area (TPSA) is 90.8 Å². The van der Waals surface area contributed by atoms with Gasteiger partial charge in [-0.1, -0.05) is 12.1 Å². The summed E-state index contributed by atoms with van der Waals surface area (Å²) >= 11 is 0. The first-order valence-corrected chi connectivity index (χ1v) is 7.07. The smallest absolute Gasteiger partial charge is 0.237 e. The molecule has 0 radical (unpaired) electrons. The van der Waals surface area contributed by atoms with Gasteiger partial charge in [-0.05, 0) is 24.6 Å². The highest BCUT2D eigenvalue weighted by atomic mass is 16.5. The number of hydrogen-bond donors (Lipinski definition) is 2. The number of ether oxygens (including phenoxy) is 2. The predicted octanol–water partition coefficient (Wildman–Crippen LogP) is 0.270. The summed E-state index contributed by atoms with van der Waals surface area (Å²) in [6.07, 6.45) is 0. The first-order valence-electron chi connectivity index (χ1n) is 7.07. The van der Waals surface area contributed by atoms with Crippen LogP contribution >= 0.6 is 0 Å². The van der Waals surface area contributed by atoms with Gasteiger partial charge in [0.05, 0.1) is 26.4 Å². The fourth-order valence-corrected chi connectivity index (χ4v) is 2.82. The first-order chi connectivity index (χ1) is 10.0. The van der Waals surface area contributed by atoms with Crippen molar-refractivity contribution in [2.75, 3.05) is 26.9 Å². The van der Waals surface area contributed by atoms with Crippen LogP contribution in [0.1, 0.15) is 18.5 Å². The van der Waals surface area contributed by atoms with Gasteiger partial charge >= 0.3 is 0 Å². The van der Waals surface area contributed by atoms with Gasteiger partial charge in [-0.25, -0.2) is 0 Å². The maximum atomic E-state index is 11.7. The van der Waals surface area contributed by atoms with Crippen LogP contribution in [0.3, 0.4) is 0 Å². The minimum atomic E-state index is -0.457. The monoisotopic (exact) mass is 293 g/mol. The number of benzene rings is 1. The van der Waals surface area contributed by atoms with Gasteiger partial charge < -0.3 is 20.9 Å². The Bertz CT molecular complexity index is 493. The van der Waals surface area contributed by atoms with Crippen molar-refractivity contribution in [3.8, 4) is 5.75 Å². The zero-order chi connectivity index (χ0) is 15.4. The highest BCUT2D eigenvalue weighted by Crippen LogP contribution is 2.29. The van der Waals surface area contributed by atoms with Crippen molar-refractivity contribution >= 4 is 5.91 Å². The number of primary amides is 1. The molecule has 1 aromatic carbocycles. The van der Waals surface area contributed by atoms with Crippen LogP contribution in [0.25, 0.3) is 0 Å². The van der Waals surface area contributed by atoms with Crippen molar-refractivity contribution < 1.29 is 14.3 Å². The van der Waals surface area contributed by atoms with E-state index in [2.05, 4.69) is 0 Å². The molecule has 4 N–H and O–H groups in total. The van der Waals surface area contributed by atoms with E-state index >= 15 is 0 Å². The molecule has 3 atom stereocenters. The summed E-state index contributed by atoms with van der Waals surface area (Å²) in [5, 5.41) is 0. The minimum Gasteiger partial charge on any atom is -0.497 e. The molecule has 3 unspecified atom stereocenters. The average Bonchev–Trinajstić information content (AvgIpc) is 2.47. The Morgan fingerprint density at radius 3 is 2.90 bits per heavy atom. The summed E-state index contributed by atoms with van der Waals surface area (Å²) in [5.41, 5.74) is 12.7. The molecule has 1 heterocycles. The third-order valence-electron chi connectivity index (χ3n) is 3.79. The molecule has 0 bridgehead atoms. The van der Waals surface area contributed by atoms with E-state index in [9.17, 15) is 4.79 Å². The molecule has 0 aromatic heterocycles. The Morgan fingerprint density at radius 1 is 1.52 bits per heavy atom. The van der Waals surface area contributed by atoms with E-state index in [-0.39, 0.29) is 18.0 Å². The van der Waals surface area contributed by atoms with Crippen LogP contribution in [0.15, 0.2) is 24.3 Å². The number of nitrogens with zero attached hydrogens (tertiary/aromatic N) is 1. The van der Waals surface area contributed by atoms with Crippen LogP contribution in [-0.4, -0.2) is 49.8 Å². The molecule has 6 nitrogen and oxygen atoms in total. The van der Waals surface area contributed by atoms with Crippen molar-refractivity contribution in [1.82, 2.24) is 4.90 Å². The largest absolute Gasteiger partial charge is 0.497 e. The van der Waals surface area contributed by atoms with E-state index in [4.69, 9.17) is 20.9 Å². The lowest BCUT2D eigenvalue weighted by atomic mass is 9.96. The Morgan fingerprint density at radius 2 is 2.29 bits per heavy atom. The van der Waals surface area contributed by atoms with Gasteiger partial charge in [0.25, 0.3) is 0 Å². The molecule has 6 heteroatoms. The summed E-state index contributed by atoms with van der Waals surface area (Å²) in [5.74, 6) is 0.380. The Balaban J connectivity index is 2.34. The van der Waals surface area contributed by atoms with Gasteiger partial charge in [0.2, 0.25) is 5.91 Å². The zero-order valence-corrected chi connectivity index (χ0v) is 12.5. The molecule has 1 amide bonds. The third-order valence-corrected chi connectivity index (χ3v) is 3.79. The van der Waals surface area contributed by atoms with E-state index in [1.54, 1.807) is 7.11 Å². The zero-order valence-electron chi connectivity index (χ0n) is 12.5. The summed E-state index contributed by atoms with van der Waals surface area (Å²) < 4.78 is 10.6. The summed E-state index contributed by atoms with van der Waals surface area (Å²) in [6.45, 7) is 3.42. The van der Waals surface area contributed by atoms with Crippen LogP contribution in [-0.2, 0) is 9.53 Å². The second-order valence-electron chi connectivity index (χ2n) is 5.31. The van der Waals surface area contributed by atoms with E-state index in [1.165, 1.54) is 0 Å². The number of carbonyl (C=O) groups excluding carboxylic acids is 1. The standard InChI is InChI=1S/C15H23N3O3/c1-10(16)14(11-4-3-5-12(8-11)20-2)18-6-7-21-9-13(18)15(17)19/h3-5,8,10,13-14H,6-7,9,16H2,1-2H3,(H2,17,19). The molecule has 2 rings (SSSR count). The summed E-state index contributed by atoms with van der Waals surface area (Å²) in [6, 6.07) is 7.01. The second-order valence-corrected chi connectivity index (χ2v) is 5.31. The SMILES string of the molecule is COc1cccc(C(C(C)N)N2CCOCC2C(N)=O)c1. The number of methoxy groups -OCH3 is 1. The molecular formula is C15H23N3O3. The lowest BCUT2D eigenvalue weighted by Gasteiger charge is -2.41. The number of rotatable bonds is 5. The lowest BCUT2D eigenvalue weighted by molar-refractivity contribution is -0.131. The summed E-state index contributed by atoms with van der Waals surface area (Å²) in [4.78, 5) is 13.7. The summed E-state index contributed by atoms with van der Waals surface area (Å²) in [7, 11) is 1.63. The molecule has 1 aliphatic rings. The van der Waals surface area contributed by atoms with E-state index < -0.39 is 6.04 Å². The highest BCUT2D eigenvalue weighted by Gasteiger charge is 2.35. The predicted molar refractivity (Wildman–Crippen MR) is 79.9 cm³/mol. The van der Waals surface area contributed by atoms with Gasteiger partial charge in [-0.3, -0.25) is 9.69 Å². The number of morpholine rings is 1. The van der Waals surface area contributed by atoms with Gasteiger partial charge in [-0.15, -0.1) is 0 Å². The van der Waals surface area contributed by atoms with Gasteiger partial charge in [0.1, 0.15) is 11.8 Å². The second kappa shape index (κ2) is 6.89. The average molecular weight is 293 g/mol. The molecule has 116 valence electrons. The number of nitrogens with two attached hydrogens (primary N) is 2. The molecule has 1 fully saturated rings. The van der Waals surface area contributed by atoms with Crippen molar-refractivity contribution in [2.45, 2.75) is 25.0 Å². The van der Waals surface area contributed by atoms with Crippen LogP contribution in [0.4, 0.5) is 0 Å². The van der Waals surface area contributed by atoms with E-state index in [0.717, 1.165) is 11.3 Å². The number of amides is 1. The van der Waals surface area contributed by atoms with Crippen molar-refractivity contribution in [3.63, 3.8) is 0 Å². The van der Waals surface area contributed by atoms with Crippen LogP contribution in [0.5, 0.6) is 5.75 Å². The lowest BCUT2D eigenvalue weighted by Crippen LogP contribution is -2.56. The minimum absolute atomic E-state index is 0.110. The molecule has 0 spiro atoms. The molecule has 0 aliphatic carbocycles. The quantitative estimate of drug-likeness (QED) is 0.813. The Labute approximate surface area is 125 Å². The molecule has 21 heavy (non-hydrogen) atoms. The van der Waals surface area contributed by atoms with Crippen LogP contribution in [0, 0.1) is 0 Å². The van der Waals surface area contributed by atoms with Gasteiger partial charge in [-0.2, -0.15) is 0 Å². The Kier molecular flexibility index (Phi) is 5.17. The van der Waals surface area contributed by atoms with Crippen molar-refractivity contribution in [2.24, 2.45) is 11.5 Å².